The number of carbonyl (C=O) groups is 2. The number of esters is 2. The highest BCUT2D eigenvalue weighted by Crippen LogP contribution is 2.64. The second kappa shape index (κ2) is 5.79. The van der Waals surface area contributed by atoms with Gasteiger partial charge in [0.2, 0.25) is 0 Å². The van der Waals surface area contributed by atoms with Crippen molar-refractivity contribution in [3.63, 3.8) is 0 Å². The van der Waals surface area contributed by atoms with Gasteiger partial charge in [-0.1, -0.05) is 6.92 Å². The van der Waals surface area contributed by atoms with E-state index < -0.39 is 5.41 Å². The molecule has 6 heterocycles. The van der Waals surface area contributed by atoms with Crippen molar-refractivity contribution in [2.24, 2.45) is 29.1 Å². The molecule has 0 N–H and O–H groups in total. The van der Waals surface area contributed by atoms with Crippen LogP contribution in [0.5, 0.6) is 11.5 Å². The van der Waals surface area contributed by atoms with Gasteiger partial charge in [-0.05, 0) is 81.0 Å². The summed E-state index contributed by atoms with van der Waals surface area (Å²) in [6.45, 7) is 4.42. The van der Waals surface area contributed by atoms with Gasteiger partial charge >= 0.3 is 11.9 Å². The number of hydrogen-bond acceptors (Lipinski definition) is 6. The third-order valence-corrected chi connectivity index (χ3v) is 10.9. The minimum Gasteiger partial charge on any atom is -0.460 e. The molecule has 10 rings (SSSR count). The Hall–Kier alpha value is -2.76. The Bertz CT molecular complexity index is 1470. The van der Waals surface area contributed by atoms with E-state index in [-0.39, 0.29) is 11.9 Å². The summed E-state index contributed by atoms with van der Waals surface area (Å²) < 4.78 is 23.4. The zero-order valence-electron chi connectivity index (χ0n) is 20.1. The van der Waals surface area contributed by atoms with Crippen molar-refractivity contribution in [3.05, 3.63) is 33.8 Å². The number of fused-ring (bicyclic) bond motifs is 2. The summed E-state index contributed by atoms with van der Waals surface area (Å²) >= 11 is 0. The van der Waals surface area contributed by atoms with Crippen molar-refractivity contribution in [3.8, 4) is 11.5 Å². The molecule has 0 aromatic carbocycles. The lowest BCUT2D eigenvalue weighted by atomic mass is 9.46. The molecule has 3 atom stereocenters. The first kappa shape index (κ1) is 19.4. The Balaban J connectivity index is 1.02. The Morgan fingerprint density at radius 3 is 2.51 bits per heavy atom. The predicted molar refractivity (Wildman–Crippen MR) is 124 cm³/mol. The molecule has 4 fully saturated rings. The number of hydrogen-bond donors (Lipinski definition) is 0. The minimum absolute atomic E-state index is 0.147. The maximum Gasteiger partial charge on any atom is 0.348 e. The number of furan rings is 3. The molecule has 7 aliphatic rings. The van der Waals surface area contributed by atoms with Gasteiger partial charge in [-0.2, -0.15) is 0 Å². The lowest BCUT2D eigenvalue weighted by Crippen LogP contribution is -2.50. The highest BCUT2D eigenvalue weighted by molar-refractivity contribution is 6.11. The summed E-state index contributed by atoms with van der Waals surface area (Å²) in [6, 6.07) is 0. The van der Waals surface area contributed by atoms with Crippen LogP contribution in [0.1, 0.15) is 90.4 Å². The van der Waals surface area contributed by atoms with Crippen molar-refractivity contribution >= 4 is 23.1 Å². The first-order valence-corrected chi connectivity index (χ1v) is 13.3. The van der Waals surface area contributed by atoms with Crippen molar-refractivity contribution < 1.29 is 27.9 Å². The summed E-state index contributed by atoms with van der Waals surface area (Å²) in [6.07, 6.45) is 9.92. The molecule has 6 nitrogen and oxygen atoms in total. The van der Waals surface area contributed by atoms with Crippen LogP contribution in [0, 0.1) is 36.0 Å². The predicted octanol–water partition coefficient (Wildman–Crippen LogP) is 5.85. The molecule has 4 aliphatic carbocycles. The van der Waals surface area contributed by atoms with Gasteiger partial charge in [-0.25, -0.2) is 4.79 Å². The SMILES string of the molecule is Cc1c2c3oc1c(Cc1c4oc5c1OC(=O)[C@]5(CC[C@H]1C5CC6CC1C[C@@](C)(C6)C5)C4)c3C(=O)O2. The molecule has 2 unspecified atom stereocenters. The zero-order valence-corrected chi connectivity index (χ0v) is 20.1. The molecule has 35 heavy (non-hydrogen) atoms. The van der Waals surface area contributed by atoms with Crippen LogP contribution in [-0.2, 0) is 23.1 Å². The summed E-state index contributed by atoms with van der Waals surface area (Å²) in [5, 5.41) is 0. The maximum atomic E-state index is 13.3. The van der Waals surface area contributed by atoms with Crippen molar-refractivity contribution in [1.82, 2.24) is 0 Å². The minimum atomic E-state index is -0.632. The Morgan fingerprint density at radius 2 is 1.74 bits per heavy atom. The van der Waals surface area contributed by atoms with Crippen LogP contribution in [0.2, 0.25) is 0 Å². The number of aryl methyl sites for hydroxylation is 1. The van der Waals surface area contributed by atoms with Crippen LogP contribution in [0.4, 0.5) is 0 Å². The van der Waals surface area contributed by atoms with Gasteiger partial charge in [0.25, 0.3) is 0 Å². The van der Waals surface area contributed by atoms with Crippen LogP contribution in [0.15, 0.2) is 8.83 Å². The van der Waals surface area contributed by atoms with E-state index in [1.54, 1.807) is 0 Å². The summed E-state index contributed by atoms with van der Waals surface area (Å²) in [7, 11) is 0. The zero-order chi connectivity index (χ0) is 23.4. The number of benzene rings is 1. The van der Waals surface area contributed by atoms with Crippen LogP contribution in [0.25, 0.3) is 11.2 Å². The molecular weight excluding hydrogens is 444 g/mol. The molecule has 0 radical (unpaired) electrons. The lowest BCUT2D eigenvalue weighted by Gasteiger charge is -2.59. The van der Waals surface area contributed by atoms with Crippen LogP contribution < -0.4 is 9.47 Å². The number of carbonyl (C=O) groups excluding carboxylic acids is 2. The molecule has 3 aliphatic heterocycles. The fourth-order valence-corrected chi connectivity index (χ4v) is 9.70. The summed E-state index contributed by atoms with van der Waals surface area (Å²) in [5.41, 5.74) is 4.30. The Labute approximate surface area is 202 Å². The first-order valence-electron chi connectivity index (χ1n) is 13.3. The highest BCUT2D eigenvalue weighted by Gasteiger charge is 2.60. The fraction of sp³-hybridized carbons (Fsp3) is 0.586. The van der Waals surface area contributed by atoms with Gasteiger partial charge in [0, 0.05) is 29.5 Å². The quantitative estimate of drug-likeness (QED) is 0.434. The monoisotopic (exact) mass is 472 g/mol. The van der Waals surface area contributed by atoms with E-state index >= 15 is 0 Å². The standard InChI is InChI=1S/C29H28O6/c1-12-21-18(20-24(33-21)22(12)34-26(20)30)7-17-19-11-29(25(32-19)23(17)35-27(29)31)4-3-16-14-5-13-6-15(16)10-28(2,8-13)9-14/h13-16H,3-11H2,1-2H3/t13?,14?,15?,16-,28-,29-/m1/s1. The number of rotatable bonds is 5. The van der Waals surface area contributed by atoms with E-state index in [2.05, 4.69) is 6.92 Å². The van der Waals surface area contributed by atoms with E-state index in [1.807, 2.05) is 6.92 Å². The maximum absolute atomic E-state index is 13.3. The summed E-state index contributed by atoms with van der Waals surface area (Å²) in [5.74, 6) is 5.56. The molecular formula is C29H28O6. The fourth-order valence-electron chi connectivity index (χ4n) is 9.70. The Kier molecular flexibility index (Phi) is 3.21. The molecule has 0 spiro atoms. The van der Waals surface area contributed by atoms with Crippen molar-refractivity contribution in [2.45, 2.75) is 77.0 Å². The molecule has 180 valence electrons. The van der Waals surface area contributed by atoms with E-state index in [1.165, 1.54) is 32.1 Å². The van der Waals surface area contributed by atoms with Gasteiger partial charge in [-0.3, -0.25) is 4.79 Å². The number of ether oxygens (including phenoxy) is 2. The first-order chi connectivity index (χ1) is 16.8. The molecule has 8 bridgehead atoms. The van der Waals surface area contributed by atoms with Gasteiger partial charge in [0.1, 0.15) is 22.3 Å². The summed E-state index contributed by atoms with van der Waals surface area (Å²) in [4.78, 5) is 25.7. The molecule has 6 heteroatoms. The highest BCUT2D eigenvalue weighted by atomic mass is 16.6. The second-order valence-corrected chi connectivity index (χ2v) is 12.9. The molecule has 3 aromatic rings. The van der Waals surface area contributed by atoms with Crippen LogP contribution >= 0.6 is 0 Å². The van der Waals surface area contributed by atoms with E-state index in [0.29, 0.717) is 46.5 Å². The molecule has 0 saturated heterocycles. The van der Waals surface area contributed by atoms with Crippen LogP contribution in [-0.4, -0.2) is 11.9 Å². The van der Waals surface area contributed by atoms with Crippen molar-refractivity contribution in [1.29, 1.82) is 0 Å². The van der Waals surface area contributed by atoms with E-state index in [0.717, 1.165) is 64.7 Å². The van der Waals surface area contributed by atoms with Gasteiger partial charge < -0.3 is 18.3 Å². The molecule has 4 saturated carbocycles. The largest absolute Gasteiger partial charge is 0.460 e. The topological polar surface area (TPSA) is 78.9 Å². The third-order valence-electron chi connectivity index (χ3n) is 10.9. The second-order valence-electron chi connectivity index (χ2n) is 12.9. The normalized spacial score (nSPS) is 37.3. The third kappa shape index (κ3) is 2.16. The lowest BCUT2D eigenvalue weighted by molar-refractivity contribution is -0.139. The Morgan fingerprint density at radius 1 is 0.943 bits per heavy atom. The average Bonchev–Trinajstić information content (AvgIpc) is 3.57. The van der Waals surface area contributed by atoms with Gasteiger partial charge in [0.15, 0.2) is 22.8 Å². The van der Waals surface area contributed by atoms with E-state index in [4.69, 9.17) is 18.3 Å². The average molecular weight is 473 g/mol. The van der Waals surface area contributed by atoms with Crippen LogP contribution in [0.3, 0.4) is 0 Å². The van der Waals surface area contributed by atoms with Gasteiger partial charge in [0.05, 0.1) is 0 Å². The molecule has 0 amide bonds. The van der Waals surface area contributed by atoms with Gasteiger partial charge in [-0.15, -0.1) is 0 Å². The molecule has 3 aromatic heterocycles. The van der Waals surface area contributed by atoms with Crippen molar-refractivity contribution in [2.75, 3.05) is 0 Å². The van der Waals surface area contributed by atoms with E-state index in [9.17, 15) is 9.59 Å². The smallest absolute Gasteiger partial charge is 0.348 e.